The second-order valence-corrected chi connectivity index (χ2v) is 10.3. The van der Waals surface area contributed by atoms with Gasteiger partial charge in [-0.3, -0.25) is 14.0 Å². The molecule has 0 atom stereocenters. The van der Waals surface area contributed by atoms with E-state index in [0.29, 0.717) is 6.54 Å². The highest BCUT2D eigenvalue weighted by Gasteiger charge is 2.30. The minimum Gasteiger partial charge on any atom is -0.450 e. The standard InChI is InChI=1S/C29H33N7O3/c1-18-33-34-27-22(12-7-6-10-16-30-28(38)29(3,4)39-19(2)37)31-23-17-20(14-15-25(23)36(18)27)26-32-21-11-8-9-13-24(21)35(26)5/h8-9,11,13-15,17H,6-7,10,12,16H2,1-5H3,(H,30,38). The minimum atomic E-state index is -1.18. The zero-order chi connectivity index (χ0) is 27.7. The number of carbonyl (C=O) groups is 2. The number of hydrogen-bond acceptors (Lipinski definition) is 7. The molecule has 39 heavy (non-hydrogen) atoms. The van der Waals surface area contributed by atoms with Crippen molar-refractivity contribution in [2.24, 2.45) is 7.05 Å². The summed E-state index contributed by atoms with van der Waals surface area (Å²) in [4.78, 5) is 33.4. The zero-order valence-corrected chi connectivity index (χ0v) is 23.0. The van der Waals surface area contributed by atoms with E-state index in [9.17, 15) is 9.59 Å². The number of aromatic nitrogens is 6. The molecule has 0 aliphatic heterocycles. The lowest BCUT2D eigenvalue weighted by Crippen LogP contribution is -2.45. The molecule has 5 aromatic rings. The van der Waals surface area contributed by atoms with Crippen molar-refractivity contribution in [1.82, 2.24) is 34.4 Å². The largest absolute Gasteiger partial charge is 0.450 e. The Bertz CT molecular complexity index is 1700. The average molecular weight is 528 g/mol. The Balaban J connectivity index is 1.32. The number of aryl methyl sites for hydroxylation is 3. The molecule has 0 bridgehead atoms. The number of para-hydroxylation sites is 2. The normalized spacial score (nSPS) is 11.9. The van der Waals surface area contributed by atoms with Crippen molar-refractivity contribution in [2.45, 2.75) is 59.0 Å². The molecule has 2 aromatic carbocycles. The molecule has 0 saturated carbocycles. The summed E-state index contributed by atoms with van der Waals surface area (Å²) in [5.74, 6) is 0.924. The van der Waals surface area contributed by atoms with Crippen LogP contribution in [0.4, 0.5) is 0 Å². The Morgan fingerprint density at radius 1 is 0.974 bits per heavy atom. The van der Waals surface area contributed by atoms with Crippen LogP contribution in [0.2, 0.25) is 0 Å². The van der Waals surface area contributed by atoms with Crippen LogP contribution in [0, 0.1) is 6.92 Å². The molecule has 3 aromatic heterocycles. The molecule has 3 heterocycles. The third kappa shape index (κ3) is 5.19. The molecule has 202 valence electrons. The van der Waals surface area contributed by atoms with Gasteiger partial charge in [-0.05, 0) is 70.4 Å². The third-order valence-electron chi connectivity index (χ3n) is 6.92. The van der Waals surface area contributed by atoms with E-state index in [1.54, 1.807) is 13.8 Å². The fourth-order valence-electron chi connectivity index (χ4n) is 4.96. The second-order valence-electron chi connectivity index (χ2n) is 10.3. The topological polar surface area (TPSA) is 116 Å². The van der Waals surface area contributed by atoms with Gasteiger partial charge in [-0.25, -0.2) is 9.97 Å². The van der Waals surface area contributed by atoms with Crippen molar-refractivity contribution in [2.75, 3.05) is 6.54 Å². The van der Waals surface area contributed by atoms with Gasteiger partial charge in [-0.1, -0.05) is 18.6 Å². The number of ether oxygens (including phenoxy) is 1. The summed E-state index contributed by atoms with van der Waals surface area (Å²) in [6.45, 7) is 6.92. The van der Waals surface area contributed by atoms with Gasteiger partial charge in [0.2, 0.25) is 0 Å². The van der Waals surface area contributed by atoms with Crippen LogP contribution in [-0.4, -0.2) is 53.2 Å². The molecular weight excluding hydrogens is 494 g/mol. The van der Waals surface area contributed by atoms with Crippen LogP contribution in [0.3, 0.4) is 0 Å². The number of nitrogens with one attached hydrogen (secondary N) is 1. The van der Waals surface area contributed by atoms with Gasteiger partial charge in [0.05, 0.1) is 27.8 Å². The summed E-state index contributed by atoms with van der Waals surface area (Å²) >= 11 is 0. The number of unbranched alkanes of at least 4 members (excludes halogenated alkanes) is 2. The van der Waals surface area contributed by atoms with E-state index in [1.807, 2.05) is 32.2 Å². The van der Waals surface area contributed by atoms with Crippen LogP contribution in [0.1, 0.15) is 51.6 Å². The molecule has 0 radical (unpaired) electrons. The highest BCUT2D eigenvalue weighted by atomic mass is 16.6. The van der Waals surface area contributed by atoms with E-state index in [2.05, 4.69) is 48.7 Å². The van der Waals surface area contributed by atoms with Crippen molar-refractivity contribution < 1.29 is 14.3 Å². The first-order chi connectivity index (χ1) is 18.7. The predicted molar refractivity (Wildman–Crippen MR) is 149 cm³/mol. The van der Waals surface area contributed by atoms with E-state index in [4.69, 9.17) is 14.7 Å². The van der Waals surface area contributed by atoms with Crippen LogP contribution in [0.15, 0.2) is 42.5 Å². The number of esters is 1. The summed E-state index contributed by atoms with van der Waals surface area (Å²) in [5.41, 5.74) is 5.34. The van der Waals surface area contributed by atoms with Crippen molar-refractivity contribution in [3.8, 4) is 11.4 Å². The predicted octanol–water partition coefficient (Wildman–Crippen LogP) is 4.31. The van der Waals surface area contributed by atoms with Gasteiger partial charge in [0.25, 0.3) is 5.91 Å². The number of nitrogens with zero attached hydrogens (tertiary/aromatic N) is 6. The van der Waals surface area contributed by atoms with Crippen LogP contribution < -0.4 is 5.32 Å². The Hall–Kier alpha value is -4.34. The monoisotopic (exact) mass is 527 g/mol. The quantitative estimate of drug-likeness (QED) is 0.224. The number of carbonyl (C=O) groups excluding carboxylic acids is 2. The average Bonchev–Trinajstić information content (AvgIpc) is 3.45. The number of fused-ring (bicyclic) bond motifs is 4. The summed E-state index contributed by atoms with van der Waals surface area (Å²) in [6.07, 6.45) is 3.32. The van der Waals surface area contributed by atoms with E-state index in [-0.39, 0.29) is 5.91 Å². The first-order valence-electron chi connectivity index (χ1n) is 13.2. The maximum absolute atomic E-state index is 12.3. The fraction of sp³-hybridized carbons (Fsp3) is 0.379. The van der Waals surface area contributed by atoms with E-state index >= 15 is 0 Å². The molecule has 0 saturated heterocycles. The maximum Gasteiger partial charge on any atom is 0.303 e. The zero-order valence-electron chi connectivity index (χ0n) is 23.0. The van der Waals surface area contributed by atoms with Crippen LogP contribution in [-0.2, 0) is 27.8 Å². The minimum absolute atomic E-state index is 0.300. The summed E-state index contributed by atoms with van der Waals surface area (Å²) < 4.78 is 9.26. The van der Waals surface area contributed by atoms with E-state index in [1.165, 1.54) is 6.92 Å². The highest BCUT2D eigenvalue weighted by Crippen LogP contribution is 2.28. The Kier molecular flexibility index (Phi) is 7.03. The lowest BCUT2D eigenvalue weighted by molar-refractivity contribution is -0.162. The smallest absolute Gasteiger partial charge is 0.303 e. The van der Waals surface area contributed by atoms with Gasteiger partial charge in [0, 0.05) is 26.1 Å². The fourth-order valence-corrected chi connectivity index (χ4v) is 4.96. The molecule has 1 amide bonds. The highest BCUT2D eigenvalue weighted by molar-refractivity contribution is 5.87. The lowest BCUT2D eigenvalue weighted by atomic mass is 10.1. The van der Waals surface area contributed by atoms with Crippen molar-refractivity contribution >= 4 is 39.6 Å². The summed E-state index contributed by atoms with van der Waals surface area (Å²) in [5, 5.41) is 11.6. The number of hydrogen-bond donors (Lipinski definition) is 1. The Morgan fingerprint density at radius 2 is 1.77 bits per heavy atom. The van der Waals surface area contributed by atoms with Crippen LogP contribution in [0.5, 0.6) is 0 Å². The van der Waals surface area contributed by atoms with Gasteiger partial charge in [-0.2, -0.15) is 0 Å². The van der Waals surface area contributed by atoms with Gasteiger partial charge >= 0.3 is 5.97 Å². The molecule has 10 heteroatoms. The molecule has 5 rings (SSSR count). The maximum atomic E-state index is 12.3. The number of rotatable bonds is 9. The van der Waals surface area contributed by atoms with Crippen LogP contribution >= 0.6 is 0 Å². The molecule has 10 nitrogen and oxygen atoms in total. The SMILES string of the molecule is CC(=O)OC(C)(C)C(=O)NCCCCCc1nc2cc(-c3nc4ccccc4n3C)ccc2n2c(C)nnc12. The molecule has 0 aliphatic carbocycles. The molecule has 0 unspecified atom stereocenters. The van der Waals surface area contributed by atoms with Gasteiger partial charge < -0.3 is 14.6 Å². The first kappa shape index (κ1) is 26.3. The van der Waals surface area contributed by atoms with E-state index in [0.717, 1.165) is 76.3 Å². The van der Waals surface area contributed by atoms with Crippen molar-refractivity contribution in [1.29, 1.82) is 0 Å². The van der Waals surface area contributed by atoms with E-state index < -0.39 is 11.6 Å². The Labute approximate surface area is 226 Å². The third-order valence-corrected chi connectivity index (χ3v) is 6.92. The van der Waals surface area contributed by atoms with Gasteiger partial charge in [0.1, 0.15) is 11.6 Å². The number of imidazole rings is 1. The van der Waals surface area contributed by atoms with Gasteiger partial charge in [0.15, 0.2) is 11.2 Å². The lowest BCUT2D eigenvalue weighted by Gasteiger charge is -2.23. The van der Waals surface area contributed by atoms with Gasteiger partial charge in [-0.15, -0.1) is 10.2 Å². The number of benzene rings is 2. The Morgan fingerprint density at radius 3 is 2.54 bits per heavy atom. The molecular formula is C29H33N7O3. The van der Waals surface area contributed by atoms with Crippen molar-refractivity contribution in [3.05, 3.63) is 54.0 Å². The van der Waals surface area contributed by atoms with Crippen molar-refractivity contribution in [3.63, 3.8) is 0 Å². The first-order valence-corrected chi connectivity index (χ1v) is 13.2. The summed E-state index contributed by atoms with van der Waals surface area (Å²) in [6, 6.07) is 14.3. The van der Waals surface area contributed by atoms with Crippen LogP contribution in [0.25, 0.3) is 39.1 Å². The molecule has 0 aliphatic rings. The molecule has 0 spiro atoms. The second kappa shape index (κ2) is 10.4. The molecule has 1 N–H and O–H groups in total. The molecule has 0 fully saturated rings. The number of amides is 1. The summed E-state index contributed by atoms with van der Waals surface area (Å²) in [7, 11) is 2.03.